The van der Waals surface area contributed by atoms with Crippen LogP contribution >= 0.6 is 0 Å². The van der Waals surface area contributed by atoms with Gasteiger partial charge in [-0.1, -0.05) is 160 Å². The Kier molecular flexibility index (Phi) is 7.42. The number of anilines is 3. The van der Waals surface area contributed by atoms with E-state index in [9.17, 15) is 0 Å². The fourth-order valence-corrected chi connectivity index (χ4v) is 8.49. The molecule has 0 amide bonds. The molecule has 0 aliphatic rings. The third-order valence-corrected chi connectivity index (χ3v) is 11.1. The third-order valence-electron chi connectivity index (χ3n) is 11.1. The summed E-state index contributed by atoms with van der Waals surface area (Å²) in [5.74, 6) is 0. The van der Waals surface area contributed by atoms with Crippen molar-refractivity contribution in [3.8, 4) is 16.8 Å². The predicted molar refractivity (Wildman–Crippen MR) is 232 cm³/mol. The largest absolute Gasteiger partial charge is 0.310 e. The van der Waals surface area contributed by atoms with Crippen molar-refractivity contribution in [3.63, 3.8) is 0 Å². The van der Waals surface area contributed by atoms with E-state index < -0.39 is 0 Å². The molecule has 0 fully saturated rings. The molecule has 9 aromatic carbocycles. The Hall–Kier alpha value is -6.64. The molecule has 1 heterocycles. The molecule has 0 radical (unpaired) electrons. The van der Waals surface area contributed by atoms with Gasteiger partial charge in [0.25, 0.3) is 0 Å². The van der Waals surface area contributed by atoms with Crippen molar-refractivity contribution in [1.29, 1.82) is 0 Å². The van der Waals surface area contributed by atoms with Crippen LogP contribution in [-0.2, 0) is 5.41 Å². The number of hydrogen-bond donors (Lipinski definition) is 0. The fraction of sp³-hybridized carbons (Fsp3) is 0.0769. The number of nitrogens with zero attached hydrogens (tertiary/aromatic N) is 2. The van der Waals surface area contributed by atoms with E-state index >= 15 is 0 Å². The highest BCUT2D eigenvalue weighted by Crippen LogP contribution is 2.46. The van der Waals surface area contributed by atoms with Gasteiger partial charge in [0.1, 0.15) is 0 Å². The first-order valence-corrected chi connectivity index (χ1v) is 18.9. The van der Waals surface area contributed by atoms with Gasteiger partial charge in [-0.2, -0.15) is 0 Å². The molecule has 0 aliphatic carbocycles. The summed E-state index contributed by atoms with van der Waals surface area (Å²) in [6.45, 7) is 6.84. The van der Waals surface area contributed by atoms with Gasteiger partial charge in [-0.05, 0) is 97.6 Å². The van der Waals surface area contributed by atoms with Crippen molar-refractivity contribution >= 4 is 71.2 Å². The molecule has 0 N–H and O–H groups in total. The summed E-state index contributed by atoms with van der Waals surface area (Å²) in [6, 6.07) is 69.1. The lowest BCUT2D eigenvalue weighted by molar-refractivity contribution is 0.590. The first-order chi connectivity index (χ1) is 26.4. The molecule has 258 valence electrons. The molecule has 0 saturated heterocycles. The summed E-state index contributed by atoms with van der Waals surface area (Å²) in [4.78, 5) is 2.47. The van der Waals surface area contributed by atoms with Crippen molar-refractivity contribution in [1.82, 2.24) is 4.57 Å². The molecule has 0 saturated carbocycles. The quantitative estimate of drug-likeness (QED) is 0.163. The molecule has 2 nitrogen and oxygen atoms in total. The number of aromatic nitrogens is 1. The normalized spacial score (nSPS) is 12.0. The minimum absolute atomic E-state index is 0.0477. The van der Waals surface area contributed by atoms with Gasteiger partial charge in [-0.25, -0.2) is 0 Å². The van der Waals surface area contributed by atoms with E-state index in [1.54, 1.807) is 0 Å². The van der Waals surface area contributed by atoms with Crippen LogP contribution in [0.4, 0.5) is 17.1 Å². The summed E-state index contributed by atoms with van der Waals surface area (Å²) in [5, 5.41) is 10.1. The number of rotatable bonds is 5. The van der Waals surface area contributed by atoms with Gasteiger partial charge in [0.2, 0.25) is 0 Å². The zero-order valence-corrected chi connectivity index (χ0v) is 30.8. The summed E-state index contributed by atoms with van der Waals surface area (Å²) >= 11 is 0. The molecule has 0 aliphatic heterocycles. The first kappa shape index (κ1) is 32.0. The van der Waals surface area contributed by atoms with Gasteiger partial charge in [0.05, 0.1) is 16.7 Å². The second kappa shape index (κ2) is 12.5. The maximum Gasteiger partial charge on any atom is 0.0561 e. The lowest BCUT2D eigenvalue weighted by Gasteiger charge is -2.29. The zero-order valence-electron chi connectivity index (χ0n) is 30.8. The highest BCUT2D eigenvalue weighted by Gasteiger charge is 2.22. The van der Waals surface area contributed by atoms with Crippen molar-refractivity contribution in [2.45, 2.75) is 26.2 Å². The van der Waals surface area contributed by atoms with Gasteiger partial charge < -0.3 is 9.47 Å². The molecule has 0 unspecified atom stereocenters. The van der Waals surface area contributed by atoms with Crippen molar-refractivity contribution in [2.75, 3.05) is 4.90 Å². The number of hydrogen-bond acceptors (Lipinski definition) is 1. The molecular weight excluding hydrogens is 653 g/mol. The first-order valence-electron chi connectivity index (χ1n) is 18.9. The molecule has 2 heteroatoms. The van der Waals surface area contributed by atoms with E-state index in [1.165, 1.54) is 70.8 Å². The van der Waals surface area contributed by atoms with Crippen LogP contribution in [0.3, 0.4) is 0 Å². The van der Waals surface area contributed by atoms with Crippen molar-refractivity contribution in [3.05, 3.63) is 194 Å². The van der Waals surface area contributed by atoms with Crippen LogP contribution in [0.15, 0.2) is 188 Å². The monoisotopic (exact) mass is 692 g/mol. The number of para-hydroxylation sites is 1. The van der Waals surface area contributed by atoms with E-state index in [2.05, 4.69) is 218 Å². The minimum Gasteiger partial charge on any atom is -0.310 e. The summed E-state index contributed by atoms with van der Waals surface area (Å²) < 4.78 is 2.44. The SMILES string of the molecule is CC(C)(C)c1ccc(N(c2ccc3c4ccccc4n(-c4cccc(-c5ccccc5)c4)c3c2)c2cccc3c4ccccc4c4ccccc4c23)cc1. The molecule has 1 aromatic heterocycles. The summed E-state index contributed by atoms with van der Waals surface area (Å²) in [7, 11) is 0. The highest BCUT2D eigenvalue weighted by molar-refractivity contribution is 6.28. The molecule has 0 atom stereocenters. The zero-order chi connectivity index (χ0) is 36.4. The van der Waals surface area contributed by atoms with E-state index in [4.69, 9.17) is 0 Å². The minimum atomic E-state index is 0.0477. The van der Waals surface area contributed by atoms with E-state index in [-0.39, 0.29) is 5.41 Å². The molecule has 54 heavy (non-hydrogen) atoms. The van der Waals surface area contributed by atoms with Crippen LogP contribution in [0, 0.1) is 0 Å². The van der Waals surface area contributed by atoms with E-state index in [0.717, 1.165) is 22.7 Å². The van der Waals surface area contributed by atoms with Gasteiger partial charge in [0.15, 0.2) is 0 Å². The second-order valence-corrected chi connectivity index (χ2v) is 15.4. The smallest absolute Gasteiger partial charge is 0.0561 e. The Morgan fingerprint density at radius 1 is 0.389 bits per heavy atom. The van der Waals surface area contributed by atoms with Crippen LogP contribution in [0.25, 0.3) is 70.9 Å². The Morgan fingerprint density at radius 3 is 1.63 bits per heavy atom. The standard InChI is InChI=1S/C52H40N2/c1-52(2,3)37-27-29-38(30-28-37)53(49-26-14-24-47-43-20-8-7-19-41(43)42-21-9-10-23-46(42)51(47)49)40-31-32-45-44-22-11-12-25-48(44)54(50(45)34-40)39-18-13-17-36(33-39)35-15-5-4-6-16-35/h4-34H,1-3H3. The van der Waals surface area contributed by atoms with Crippen LogP contribution in [0.5, 0.6) is 0 Å². The van der Waals surface area contributed by atoms with Crippen LogP contribution in [0.1, 0.15) is 26.3 Å². The van der Waals surface area contributed by atoms with Gasteiger partial charge in [0, 0.05) is 33.2 Å². The lowest BCUT2D eigenvalue weighted by Crippen LogP contribution is -2.13. The maximum atomic E-state index is 2.47. The van der Waals surface area contributed by atoms with Gasteiger partial charge in [-0.15, -0.1) is 0 Å². The van der Waals surface area contributed by atoms with Gasteiger partial charge >= 0.3 is 0 Å². The van der Waals surface area contributed by atoms with Crippen LogP contribution in [0.2, 0.25) is 0 Å². The molecule has 0 bridgehead atoms. The molecular formula is C52H40N2. The predicted octanol–water partition coefficient (Wildman–Crippen LogP) is 14.7. The average molecular weight is 693 g/mol. The molecule has 0 spiro atoms. The second-order valence-electron chi connectivity index (χ2n) is 15.4. The van der Waals surface area contributed by atoms with E-state index in [0.29, 0.717) is 0 Å². The van der Waals surface area contributed by atoms with Crippen LogP contribution in [-0.4, -0.2) is 4.57 Å². The van der Waals surface area contributed by atoms with Gasteiger partial charge in [-0.3, -0.25) is 0 Å². The van der Waals surface area contributed by atoms with E-state index in [1.807, 2.05) is 0 Å². The third kappa shape index (κ3) is 5.17. The summed E-state index contributed by atoms with van der Waals surface area (Å²) in [5.41, 5.74) is 10.7. The Morgan fingerprint density at radius 2 is 0.926 bits per heavy atom. The lowest BCUT2D eigenvalue weighted by atomic mass is 9.87. The Labute approximate surface area is 316 Å². The fourth-order valence-electron chi connectivity index (χ4n) is 8.49. The molecule has 10 rings (SSSR count). The topological polar surface area (TPSA) is 8.17 Å². The maximum absolute atomic E-state index is 2.47. The Bertz CT molecular complexity index is 2970. The highest BCUT2D eigenvalue weighted by atomic mass is 15.1. The van der Waals surface area contributed by atoms with Crippen molar-refractivity contribution < 1.29 is 0 Å². The molecule has 10 aromatic rings. The summed E-state index contributed by atoms with van der Waals surface area (Å²) in [6.07, 6.45) is 0. The van der Waals surface area contributed by atoms with Crippen molar-refractivity contribution in [2.24, 2.45) is 0 Å². The Balaban J connectivity index is 1.27. The number of benzene rings is 9. The van der Waals surface area contributed by atoms with Crippen LogP contribution < -0.4 is 4.90 Å². The average Bonchev–Trinajstić information content (AvgIpc) is 3.55. The number of fused-ring (bicyclic) bond motifs is 9.